The van der Waals surface area contributed by atoms with E-state index in [1.807, 2.05) is 0 Å². The molecule has 0 bridgehead atoms. The average Bonchev–Trinajstić information content (AvgIpc) is 2.52. The van der Waals surface area contributed by atoms with Crippen LogP contribution in [0.5, 0.6) is 0 Å². The minimum atomic E-state index is -0.914. The zero-order chi connectivity index (χ0) is 9.64. The Morgan fingerprint density at radius 3 is 3.08 bits per heavy atom. The van der Waals surface area contributed by atoms with Crippen molar-refractivity contribution in [3.8, 4) is 0 Å². The Morgan fingerprint density at radius 1 is 1.77 bits per heavy atom. The predicted octanol–water partition coefficient (Wildman–Crippen LogP) is 0.0705. The fraction of sp³-hybridized carbons (Fsp3) is 0.667. The van der Waals surface area contributed by atoms with Gasteiger partial charge in [-0.1, -0.05) is 0 Å². The number of hydrogen-bond donors (Lipinski definition) is 1. The quantitative estimate of drug-likeness (QED) is 0.626. The van der Waals surface area contributed by atoms with Gasteiger partial charge in [-0.2, -0.15) is 0 Å². The standard InChI is InChI=1S/C9H12O4/c1-9-4-13-8(11)7(9)5(12-2)3-6(9)10/h3,7-8,11H,4H2,1-2H3. The summed E-state index contributed by atoms with van der Waals surface area (Å²) >= 11 is 0. The van der Waals surface area contributed by atoms with E-state index < -0.39 is 11.7 Å². The second kappa shape index (κ2) is 2.56. The number of carbonyl (C=O) groups excluding carboxylic acids is 1. The van der Waals surface area contributed by atoms with Gasteiger partial charge in [0.25, 0.3) is 0 Å². The highest BCUT2D eigenvalue weighted by Crippen LogP contribution is 2.47. The smallest absolute Gasteiger partial charge is 0.168 e. The lowest BCUT2D eigenvalue weighted by atomic mass is 9.80. The number of methoxy groups -OCH3 is 1. The van der Waals surface area contributed by atoms with Crippen molar-refractivity contribution in [2.24, 2.45) is 11.3 Å². The first kappa shape index (κ1) is 8.72. The Labute approximate surface area is 76.1 Å². The summed E-state index contributed by atoms with van der Waals surface area (Å²) in [6.45, 7) is 2.06. The number of rotatable bonds is 1. The molecule has 0 saturated carbocycles. The Morgan fingerprint density at radius 2 is 2.46 bits per heavy atom. The fourth-order valence-electron chi connectivity index (χ4n) is 2.01. The normalized spacial score (nSPS) is 43.3. The molecule has 4 nitrogen and oxygen atoms in total. The van der Waals surface area contributed by atoms with Crippen molar-refractivity contribution in [2.75, 3.05) is 13.7 Å². The molecule has 0 aromatic rings. The summed E-state index contributed by atoms with van der Waals surface area (Å²) in [6.07, 6.45) is 0.541. The van der Waals surface area contributed by atoms with Gasteiger partial charge in [0.05, 0.1) is 25.0 Å². The van der Waals surface area contributed by atoms with Crippen molar-refractivity contribution >= 4 is 5.78 Å². The van der Waals surface area contributed by atoms with Crippen LogP contribution in [0.15, 0.2) is 11.8 Å². The lowest BCUT2D eigenvalue weighted by molar-refractivity contribution is -0.123. The molecule has 1 N–H and O–H groups in total. The molecular formula is C9H12O4. The first-order valence-corrected chi connectivity index (χ1v) is 4.19. The van der Waals surface area contributed by atoms with Crippen molar-refractivity contribution in [3.05, 3.63) is 11.8 Å². The van der Waals surface area contributed by atoms with E-state index in [1.54, 1.807) is 6.92 Å². The maximum absolute atomic E-state index is 11.5. The monoisotopic (exact) mass is 184 g/mol. The van der Waals surface area contributed by atoms with Gasteiger partial charge in [-0.3, -0.25) is 4.79 Å². The molecule has 2 rings (SSSR count). The minimum Gasteiger partial charge on any atom is -0.500 e. The number of allylic oxidation sites excluding steroid dienone is 1. The van der Waals surface area contributed by atoms with E-state index in [-0.39, 0.29) is 18.3 Å². The third kappa shape index (κ3) is 0.957. The third-order valence-electron chi connectivity index (χ3n) is 2.90. The maximum Gasteiger partial charge on any atom is 0.168 e. The predicted molar refractivity (Wildman–Crippen MR) is 43.7 cm³/mol. The number of hydrogen-bond acceptors (Lipinski definition) is 4. The van der Waals surface area contributed by atoms with E-state index in [0.29, 0.717) is 5.76 Å². The van der Waals surface area contributed by atoms with E-state index in [2.05, 4.69) is 0 Å². The van der Waals surface area contributed by atoms with Gasteiger partial charge < -0.3 is 14.6 Å². The summed E-state index contributed by atoms with van der Waals surface area (Å²) in [7, 11) is 1.50. The van der Waals surface area contributed by atoms with Crippen LogP contribution in [0.4, 0.5) is 0 Å². The Kier molecular flexibility index (Phi) is 1.72. The van der Waals surface area contributed by atoms with Gasteiger partial charge in [0.1, 0.15) is 5.76 Å². The Bertz CT molecular complexity index is 283. The topological polar surface area (TPSA) is 55.8 Å². The highest BCUT2D eigenvalue weighted by molar-refractivity contribution is 5.98. The van der Waals surface area contributed by atoms with Crippen molar-refractivity contribution in [1.82, 2.24) is 0 Å². The molecule has 3 atom stereocenters. The Balaban J connectivity index is 2.38. The molecule has 3 unspecified atom stereocenters. The van der Waals surface area contributed by atoms with Crippen LogP contribution in [-0.4, -0.2) is 30.9 Å². The third-order valence-corrected chi connectivity index (χ3v) is 2.90. The molecule has 4 heteroatoms. The SMILES string of the molecule is COC1=CC(=O)C2(C)COC(O)C12. The molecule has 0 spiro atoms. The van der Waals surface area contributed by atoms with Gasteiger partial charge in [-0.25, -0.2) is 0 Å². The molecular weight excluding hydrogens is 172 g/mol. The second-order valence-electron chi connectivity index (χ2n) is 3.71. The minimum absolute atomic E-state index is 0.0223. The largest absolute Gasteiger partial charge is 0.500 e. The first-order valence-electron chi connectivity index (χ1n) is 4.19. The molecule has 1 aliphatic carbocycles. The van der Waals surface area contributed by atoms with E-state index in [1.165, 1.54) is 13.2 Å². The van der Waals surface area contributed by atoms with Gasteiger partial charge in [-0.15, -0.1) is 0 Å². The van der Waals surface area contributed by atoms with Gasteiger partial charge in [0.2, 0.25) is 0 Å². The fourth-order valence-corrected chi connectivity index (χ4v) is 2.01. The first-order chi connectivity index (χ1) is 6.09. The molecule has 72 valence electrons. The lowest BCUT2D eigenvalue weighted by Crippen LogP contribution is -2.32. The van der Waals surface area contributed by atoms with Crippen LogP contribution in [0, 0.1) is 11.3 Å². The molecule has 1 aliphatic heterocycles. The van der Waals surface area contributed by atoms with Crippen molar-refractivity contribution < 1.29 is 19.4 Å². The van der Waals surface area contributed by atoms with Gasteiger partial charge in [-0.05, 0) is 6.92 Å². The van der Waals surface area contributed by atoms with E-state index in [9.17, 15) is 9.90 Å². The van der Waals surface area contributed by atoms with E-state index in [0.717, 1.165) is 0 Å². The second-order valence-corrected chi connectivity index (χ2v) is 3.71. The van der Waals surface area contributed by atoms with Crippen LogP contribution < -0.4 is 0 Å². The molecule has 1 saturated heterocycles. The number of fused-ring (bicyclic) bond motifs is 1. The van der Waals surface area contributed by atoms with Crippen LogP contribution in [-0.2, 0) is 14.3 Å². The summed E-state index contributed by atoms with van der Waals surface area (Å²) in [5, 5.41) is 9.49. The highest BCUT2D eigenvalue weighted by atomic mass is 16.6. The summed E-state index contributed by atoms with van der Waals surface area (Å²) in [4.78, 5) is 11.5. The molecule has 0 radical (unpaired) electrons. The molecule has 0 amide bonds. The van der Waals surface area contributed by atoms with Crippen LogP contribution in [0.25, 0.3) is 0 Å². The van der Waals surface area contributed by atoms with Gasteiger partial charge >= 0.3 is 0 Å². The summed E-state index contributed by atoms with van der Waals surface area (Å²) in [5.74, 6) is 0.174. The molecule has 2 aliphatic rings. The molecule has 1 fully saturated rings. The zero-order valence-electron chi connectivity index (χ0n) is 7.61. The van der Waals surface area contributed by atoms with E-state index >= 15 is 0 Å². The molecule has 1 heterocycles. The maximum atomic E-state index is 11.5. The lowest BCUT2D eigenvalue weighted by Gasteiger charge is -2.21. The molecule has 0 aromatic heterocycles. The zero-order valence-corrected chi connectivity index (χ0v) is 7.61. The van der Waals surface area contributed by atoms with Crippen molar-refractivity contribution in [1.29, 1.82) is 0 Å². The number of carbonyl (C=O) groups is 1. The Hall–Kier alpha value is -0.870. The van der Waals surface area contributed by atoms with Crippen LogP contribution >= 0.6 is 0 Å². The number of aliphatic hydroxyl groups is 1. The highest BCUT2D eigenvalue weighted by Gasteiger charge is 2.56. The van der Waals surface area contributed by atoms with Crippen LogP contribution in [0.1, 0.15) is 6.92 Å². The summed E-state index contributed by atoms with van der Waals surface area (Å²) in [6, 6.07) is 0. The van der Waals surface area contributed by atoms with Crippen molar-refractivity contribution in [2.45, 2.75) is 13.2 Å². The van der Waals surface area contributed by atoms with Crippen molar-refractivity contribution in [3.63, 3.8) is 0 Å². The molecule has 0 aromatic carbocycles. The molecule has 13 heavy (non-hydrogen) atoms. The van der Waals surface area contributed by atoms with Gasteiger partial charge in [0.15, 0.2) is 12.1 Å². The number of ether oxygens (including phenoxy) is 2. The average molecular weight is 184 g/mol. The van der Waals surface area contributed by atoms with Crippen LogP contribution in [0.3, 0.4) is 0 Å². The van der Waals surface area contributed by atoms with Gasteiger partial charge in [0, 0.05) is 6.08 Å². The van der Waals surface area contributed by atoms with E-state index in [4.69, 9.17) is 9.47 Å². The number of ketones is 1. The van der Waals surface area contributed by atoms with Crippen LogP contribution in [0.2, 0.25) is 0 Å². The summed E-state index contributed by atoms with van der Waals surface area (Å²) in [5.41, 5.74) is -0.620. The number of aliphatic hydroxyl groups excluding tert-OH is 1. The summed E-state index contributed by atoms with van der Waals surface area (Å²) < 4.78 is 10.1.